The summed E-state index contributed by atoms with van der Waals surface area (Å²) in [6.07, 6.45) is 3.04. The molecule has 1 N–H and O–H groups in total. The predicted octanol–water partition coefficient (Wildman–Crippen LogP) is 5.76. The van der Waals surface area contributed by atoms with Gasteiger partial charge in [-0.2, -0.15) is 0 Å². The van der Waals surface area contributed by atoms with Gasteiger partial charge in [0.1, 0.15) is 35.0 Å². The van der Waals surface area contributed by atoms with Crippen molar-refractivity contribution in [1.82, 2.24) is 20.2 Å². The quantitative estimate of drug-likeness (QED) is 0.119. The third-order valence-corrected chi connectivity index (χ3v) is 10.4. The van der Waals surface area contributed by atoms with E-state index in [2.05, 4.69) is 47.6 Å². The fourth-order valence-electron chi connectivity index (χ4n) is 6.56. The smallest absolute Gasteiger partial charge is 0.255 e. The number of ether oxygens (including phenoxy) is 2. The number of Topliss-reactive ketones (excluding diaryl/α,β-unsaturated/α-hetero) is 1. The molecule has 1 saturated heterocycles. The Balaban J connectivity index is 0.863. The first-order valence-corrected chi connectivity index (χ1v) is 18.1. The van der Waals surface area contributed by atoms with Crippen molar-refractivity contribution in [3.05, 3.63) is 95.2 Å². The average Bonchev–Trinajstić information content (AvgIpc) is 3.69. The number of hydrogen-bond donors (Lipinski definition) is 1. The summed E-state index contributed by atoms with van der Waals surface area (Å²) in [6, 6.07) is 21.1. The molecular weight excluding hydrogens is 679 g/mol. The fourth-order valence-corrected chi connectivity index (χ4v) is 7.68. The van der Waals surface area contributed by atoms with Gasteiger partial charge >= 0.3 is 0 Å². The zero-order chi connectivity index (χ0) is 36.4. The molecule has 11 nitrogen and oxygen atoms in total. The first-order valence-electron chi connectivity index (χ1n) is 17.3. The highest BCUT2D eigenvalue weighted by atomic mass is 32.1. The van der Waals surface area contributed by atoms with Crippen molar-refractivity contribution in [2.75, 3.05) is 38.8 Å². The maximum atomic E-state index is 12.9. The Kier molecular flexibility index (Phi) is 10.1. The van der Waals surface area contributed by atoms with E-state index in [4.69, 9.17) is 14.5 Å². The van der Waals surface area contributed by atoms with Crippen LogP contribution in [0.3, 0.4) is 0 Å². The lowest BCUT2D eigenvalue weighted by Gasteiger charge is -2.29. The third kappa shape index (κ3) is 7.58. The Hall–Kier alpha value is -5.46. The first kappa shape index (κ1) is 35.0. The number of pyridine rings is 1. The van der Waals surface area contributed by atoms with E-state index in [9.17, 15) is 19.2 Å². The number of anilines is 1. The van der Waals surface area contributed by atoms with Crippen molar-refractivity contribution in [2.45, 2.75) is 45.2 Å². The molecule has 5 aromatic rings. The van der Waals surface area contributed by atoms with E-state index < -0.39 is 11.9 Å². The van der Waals surface area contributed by atoms with Crippen LogP contribution in [0.5, 0.6) is 5.75 Å². The summed E-state index contributed by atoms with van der Waals surface area (Å²) >= 11 is 1.63. The number of aryl methyl sites for hydroxylation is 1. The van der Waals surface area contributed by atoms with Crippen molar-refractivity contribution in [3.63, 3.8) is 0 Å². The Morgan fingerprint density at radius 2 is 1.79 bits per heavy atom. The number of hydrogen-bond acceptors (Lipinski definition) is 10. The van der Waals surface area contributed by atoms with Crippen molar-refractivity contribution in [2.24, 2.45) is 0 Å². The predicted molar refractivity (Wildman–Crippen MR) is 199 cm³/mol. The van der Waals surface area contributed by atoms with Crippen molar-refractivity contribution < 1.29 is 28.7 Å². The molecule has 2 aliphatic rings. The Morgan fingerprint density at radius 3 is 2.56 bits per heavy atom. The van der Waals surface area contributed by atoms with Crippen LogP contribution in [0.25, 0.3) is 31.9 Å². The Morgan fingerprint density at radius 1 is 0.962 bits per heavy atom. The lowest BCUT2D eigenvalue weighted by Crippen LogP contribution is -2.52. The number of piperidine rings is 1. The number of benzene rings is 3. The van der Waals surface area contributed by atoms with Crippen LogP contribution < -0.4 is 15.0 Å². The normalized spacial score (nSPS) is 15.6. The van der Waals surface area contributed by atoms with Gasteiger partial charge in [-0.15, -0.1) is 11.3 Å². The molecule has 266 valence electrons. The molecule has 12 heteroatoms. The minimum atomic E-state index is -0.656. The number of imide groups is 1. The molecule has 2 aromatic heterocycles. The van der Waals surface area contributed by atoms with E-state index in [1.54, 1.807) is 29.5 Å². The van der Waals surface area contributed by atoms with Crippen LogP contribution in [0, 0.1) is 6.92 Å². The third-order valence-electron chi connectivity index (χ3n) is 9.37. The number of nitrogens with zero attached hydrogens (tertiary/aromatic N) is 4. The van der Waals surface area contributed by atoms with Gasteiger partial charge in [0.25, 0.3) is 5.91 Å². The van der Waals surface area contributed by atoms with Crippen LogP contribution in [0.15, 0.2) is 72.9 Å². The lowest BCUT2D eigenvalue weighted by molar-refractivity contribution is -0.137. The summed E-state index contributed by atoms with van der Waals surface area (Å²) in [6.45, 7) is 3.26. The van der Waals surface area contributed by atoms with E-state index >= 15 is 0 Å². The van der Waals surface area contributed by atoms with Gasteiger partial charge in [-0.3, -0.25) is 24.5 Å². The van der Waals surface area contributed by atoms with Gasteiger partial charge < -0.3 is 19.3 Å². The highest BCUT2D eigenvalue weighted by Crippen LogP contribution is 2.35. The number of carbonyl (C=O) groups is 4. The van der Waals surface area contributed by atoms with E-state index in [0.717, 1.165) is 54.4 Å². The standard InChI is InChI=1S/C40H39N5O6S/c1-24-18-26(27-6-12-36(41-22-27)44(2)3)5-8-31(24)39-42-33-10-4-25(20-35(33)52-39)19-29(46)14-15-50-16-17-51-30-7-9-32-28(21-30)23-45(40(32)49)34-11-13-37(47)43-38(34)48/h4-10,12,18,20-22,34H,11,13-17,19,23H2,1-3H3,(H,43,47,48). The molecule has 0 aliphatic carbocycles. The topological polar surface area (TPSA) is 131 Å². The van der Waals surface area contributed by atoms with Gasteiger partial charge in [-0.25, -0.2) is 9.97 Å². The molecule has 3 aromatic carbocycles. The Labute approximate surface area is 305 Å². The van der Waals surface area contributed by atoms with Gasteiger partial charge in [0.2, 0.25) is 11.8 Å². The van der Waals surface area contributed by atoms with Gasteiger partial charge in [-0.1, -0.05) is 24.3 Å². The molecule has 0 radical (unpaired) electrons. The van der Waals surface area contributed by atoms with Gasteiger partial charge in [-0.05, 0) is 78.1 Å². The van der Waals surface area contributed by atoms with Crippen LogP contribution in [-0.4, -0.2) is 78.3 Å². The number of rotatable bonds is 13. The summed E-state index contributed by atoms with van der Waals surface area (Å²) in [5.41, 5.74) is 7.56. The summed E-state index contributed by atoms with van der Waals surface area (Å²) in [7, 11) is 3.95. The van der Waals surface area contributed by atoms with Crippen LogP contribution in [0.4, 0.5) is 5.82 Å². The molecule has 2 aliphatic heterocycles. The summed E-state index contributed by atoms with van der Waals surface area (Å²) in [4.78, 5) is 62.4. The first-order chi connectivity index (χ1) is 25.1. The molecule has 52 heavy (non-hydrogen) atoms. The number of carbonyl (C=O) groups excluding carboxylic acids is 4. The van der Waals surface area contributed by atoms with Crippen LogP contribution in [0.2, 0.25) is 0 Å². The molecular formula is C40H39N5O6S. The molecule has 1 unspecified atom stereocenters. The van der Waals surface area contributed by atoms with E-state index in [0.29, 0.717) is 43.8 Å². The minimum absolute atomic E-state index is 0.0911. The second kappa shape index (κ2) is 15.0. The molecule has 4 heterocycles. The van der Waals surface area contributed by atoms with E-state index in [-0.39, 0.29) is 37.2 Å². The molecule has 0 spiro atoms. The fraction of sp³-hybridized carbons (Fsp3) is 0.300. The molecule has 0 bridgehead atoms. The maximum absolute atomic E-state index is 12.9. The number of thiazole rings is 1. The van der Waals surface area contributed by atoms with Crippen molar-refractivity contribution in [3.8, 4) is 27.4 Å². The molecule has 7 rings (SSSR count). The van der Waals surface area contributed by atoms with Crippen LogP contribution in [-0.2, 0) is 32.1 Å². The number of fused-ring (bicyclic) bond motifs is 2. The van der Waals surface area contributed by atoms with E-state index in [1.807, 2.05) is 43.4 Å². The number of amides is 3. The molecule has 0 saturated carbocycles. The van der Waals surface area contributed by atoms with Gasteiger partial charge in [0.05, 0.1) is 23.4 Å². The largest absolute Gasteiger partial charge is 0.491 e. The highest BCUT2D eigenvalue weighted by Gasteiger charge is 2.39. The zero-order valence-corrected chi connectivity index (χ0v) is 30.1. The average molecular weight is 718 g/mol. The van der Waals surface area contributed by atoms with Crippen molar-refractivity contribution >= 4 is 50.9 Å². The monoisotopic (exact) mass is 717 g/mol. The summed E-state index contributed by atoms with van der Waals surface area (Å²) < 4.78 is 12.6. The SMILES string of the molecule is Cc1cc(-c2ccc(N(C)C)nc2)ccc1-c1nc2ccc(CC(=O)CCOCCOc3ccc4c(c3)CN(C3CCC(=O)NC3=O)C4=O)cc2s1. The van der Waals surface area contributed by atoms with Crippen LogP contribution >= 0.6 is 11.3 Å². The minimum Gasteiger partial charge on any atom is -0.491 e. The second-order valence-corrected chi connectivity index (χ2v) is 14.3. The summed E-state index contributed by atoms with van der Waals surface area (Å²) in [5.74, 6) is 0.625. The maximum Gasteiger partial charge on any atom is 0.255 e. The number of ketones is 1. The number of aromatic nitrogens is 2. The Bertz CT molecular complexity index is 2180. The van der Waals surface area contributed by atoms with Gasteiger partial charge in [0, 0.05) is 62.8 Å². The highest BCUT2D eigenvalue weighted by molar-refractivity contribution is 7.21. The van der Waals surface area contributed by atoms with Crippen molar-refractivity contribution in [1.29, 1.82) is 0 Å². The molecule has 3 amide bonds. The molecule has 1 fully saturated rings. The molecule has 1 atom stereocenters. The lowest BCUT2D eigenvalue weighted by atomic mass is 10.0. The van der Waals surface area contributed by atoms with Gasteiger partial charge in [0.15, 0.2) is 0 Å². The summed E-state index contributed by atoms with van der Waals surface area (Å²) in [5, 5.41) is 3.26. The van der Waals surface area contributed by atoms with Crippen LogP contribution in [0.1, 0.15) is 46.3 Å². The zero-order valence-electron chi connectivity index (χ0n) is 29.3. The van der Waals surface area contributed by atoms with E-state index in [1.165, 1.54) is 4.90 Å². The second-order valence-electron chi connectivity index (χ2n) is 13.3. The number of nitrogens with one attached hydrogen (secondary N) is 1.